The highest BCUT2D eigenvalue weighted by molar-refractivity contribution is 6.30. The van der Waals surface area contributed by atoms with Crippen molar-refractivity contribution < 1.29 is 0 Å². The van der Waals surface area contributed by atoms with E-state index in [2.05, 4.69) is 39.2 Å². The molecule has 2 aromatic carbocycles. The van der Waals surface area contributed by atoms with Crippen LogP contribution in [0.3, 0.4) is 0 Å². The maximum atomic E-state index is 12.7. The van der Waals surface area contributed by atoms with Gasteiger partial charge in [-0.15, -0.1) is 5.10 Å². The van der Waals surface area contributed by atoms with Gasteiger partial charge in [0.1, 0.15) is 5.82 Å². The minimum absolute atomic E-state index is 0.109. The van der Waals surface area contributed by atoms with E-state index >= 15 is 0 Å². The van der Waals surface area contributed by atoms with Gasteiger partial charge in [-0.05, 0) is 35.9 Å². The molecule has 140 valence electrons. The van der Waals surface area contributed by atoms with E-state index in [1.54, 1.807) is 16.7 Å². The molecule has 27 heavy (non-hydrogen) atoms. The molecular weight excluding hydrogens is 362 g/mol. The van der Waals surface area contributed by atoms with E-state index in [0.29, 0.717) is 23.8 Å². The van der Waals surface area contributed by atoms with Crippen LogP contribution in [0.15, 0.2) is 53.3 Å². The second-order valence-corrected chi connectivity index (χ2v) is 7.45. The zero-order valence-electron chi connectivity index (χ0n) is 15.5. The molecule has 0 radical (unpaired) electrons. The van der Waals surface area contributed by atoms with Gasteiger partial charge in [-0.2, -0.15) is 4.68 Å². The van der Waals surface area contributed by atoms with E-state index in [1.165, 1.54) is 15.9 Å². The van der Waals surface area contributed by atoms with Crippen molar-refractivity contribution in [2.45, 2.75) is 19.6 Å². The number of benzene rings is 2. The fourth-order valence-corrected chi connectivity index (χ4v) is 3.55. The fourth-order valence-electron chi connectivity index (χ4n) is 3.37. The second kappa shape index (κ2) is 7.21. The third-order valence-electron chi connectivity index (χ3n) is 4.86. The SMILES string of the molecule is CN(C)c1ccc(CN2CCn3c(nn(-c4cccc(Cl)c4)c3=O)C2)cc1. The van der Waals surface area contributed by atoms with Crippen LogP contribution in [0.2, 0.25) is 5.02 Å². The molecule has 2 heterocycles. The number of hydrogen-bond acceptors (Lipinski definition) is 4. The van der Waals surface area contributed by atoms with Crippen LogP contribution in [0.1, 0.15) is 11.4 Å². The Labute approximate surface area is 163 Å². The second-order valence-electron chi connectivity index (χ2n) is 7.01. The third-order valence-corrected chi connectivity index (χ3v) is 5.09. The first-order chi connectivity index (χ1) is 13.0. The molecular formula is C20H22ClN5O. The van der Waals surface area contributed by atoms with Crippen LogP contribution >= 0.6 is 11.6 Å². The van der Waals surface area contributed by atoms with Crippen molar-refractivity contribution in [3.63, 3.8) is 0 Å². The van der Waals surface area contributed by atoms with Gasteiger partial charge in [0.2, 0.25) is 0 Å². The molecule has 0 saturated carbocycles. The van der Waals surface area contributed by atoms with Gasteiger partial charge < -0.3 is 4.90 Å². The van der Waals surface area contributed by atoms with Crippen LogP contribution in [-0.2, 0) is 19.6 Å². The molecule has 1 aliphatic heterocycles. The minimum Gasteiger partial charge on any atom is -0.378 e. The summed E-state index contributed by atoms with van der Waals surface area (Å²) < 4.78 is 3.20. The maximum Gasteiger partial charge on any atom is 0.350 e. The quantitative estimate of drug-likeness (QED) is 0.695. The molecule has 7 heteroatoms. The van der Waals surface area contributed by atoms with Crippen LogP contribution in [0.25, 0.3) is 5.69 Å². The molecule has 0 aliphatic carbocycles. The summed E-state index contributed by atoms with van der Waals surface area (Å²) in [5, 5.41) is 5.14. The van der Waals surface area contributed by atoms with Gasteiger partial charge in [-0.3, -0.25) is 9.47 Å². The molecule has 3 aromatic rings. The molecule has 0 amide bonds. The van der Waals surface area contributed by atoms with Gasteiger partial charge in [0.15, 0.2) is 0 Å². The topological polar surface area (TPSA) is 46.3 Å². The number of hydrogen-bond donors (Lipinski definition) is 0. The molecule has 0 spiro atoms. The van der Waals surface area contributed by atoms with E-state index < -0.39 is 0 Å². The Bertz CT molecular complexity index is 1010. The Morgan fingerprint density at radius 3 is 2.59 bits per heavy atom. The van der Waals surface area contributed by atoms with Gasteiger partial charge in [0.25, 0.3) is 0 Å². The molecule has 4 rings (SSSR count). The third kappa shape index (κ3) is 3.63. The largest absolute Gasteiger partial charge is 0.378 e. The van der Waals surface area contributed by atoms with Crippen molar-refractivity contribution in [2.24, 2.45) is 0 Å². The standard InChI is InChI=1S/C20H22ClN5O/c1-23(2)17-8-6-15(7-9-17)13-24-10-11-25-19(14-24)22-26(20(25)27)18-5-3-4-16(21)12-18/h3-9,12H,10-11,13-14H2,1-2H3. The molecule has 0 unspecified atom stereocenters. The average Bonchev–Trinajstić information content (AvgIpc) is 2.98. The maximum absolute atomic E-state index is 12.7. The number of rotatable bonds is 4. The summed E-state index contributed by atoms with van der Waals surface area (Å²) in [6.45, 7) is 2.96. The van der Waals surface area contributed by atoms with E-state index in [4.69, 9.17) is 11.6 Å². The van der Waals surface area contributed by atoms with Gasteiger partial charge >= 0.3 is 5.69 Å². The molecule has 0 bridgehead atoms. The Morgan fingerprint density at radius 1 is 1.11 bits per heavy atom. The predicted molar refractivity (Wildman–Crippen MR) is 108 cm³/mol. The van der Waals surface area contributed by atoms with Crippen molar-refractivity contribution >= 4 is 17.3 Å². The highest BCUT2D eigenvalue weighted by atomic mass is 35.5. The monoisotopic (exact) mass is 383 g/mol. The van der Waals surface area contributed by atoms with Crippen LogP contribution in [0, 0.1) is 0 Å². The first kappa shape index (κ1) is 17.8. The van der Waals surface area contributed by atoms with Gasteiger partial charge in [-0.25, -0.2) is 4.79 Å². The van der Waals surface area contributed by atoms with Gasteiger partial charge in [-0.1, -0.05) is 29.8 Å². The van der Waals surface area contributed by atoms with E-state index in [1.807, 2.05) is 26.2 Å². The first-order valence-electron chi connectivity index (χ1n) is 8.94. The van der Waals surface area contributed by atoms with E-state index in [-0.39, 0.29) is 5.69 Å². The summed E-state index contributed by atoms with van der Waals surface area (Å²) in [5.41, 5.74) is 3.03. The lowest BCUT2D eigenvalue weighted by Gasteiger charge is -2.26. The summed E-state index contributed by atoms with van der Waals surface area (Å²) in [6.07, 6.45) is 0. The lowest BCUT2D eigenvalue weighted by atomic mass is 10.2. The molecule has 0 N–H and O–H groups in total. The zero-order chi connectivity index (χ0) is 19.0. The highest BCUT2D eigenvalue weighted by Crippen LogP contribution is 2.18. The Balaban J connectivity index is 1.53. The van der Waals surface area contributed by atoms with Crippen LogP contribution in [0.4, 0.5) is 5.69 Å². The van der Waals surface area contributed by atoms with Crippen molar-refractivity contribution in [1.82, 2.24) is 19.2 Å². The number of fused-ring (bicyclic) bond motifs is 1. The Kier molecular flexibility index (Phi) is 4.76. The first-order valence-corrected chi connectivity index (χ1v) is 9.32. The van der Waals surface area contributed by atoms with E-state index in [9.17, 15) is 4.79 Å². The van der Waals surface area contributed by atoms with Crippen molar-refractivity contribution in [3.05, 3.63) is 75.4 Å². The number of anilines is 1. The highest BCUT2D eigenvalue weighted by Gasteiger charge is 2.22. The Hall–Kier alpha value is -2.57. The lowest BCUT2D eigenvalue weighted by molar-refractivity contribution is 0.207. The van der Waals surface area contributed by atoms with Crippen LogP contribution in [-0.4, -0.2) is 39.9 Å². The molecule has 0 atom stereocenters. The summed E-state index contributed by atoms with van der Waals surface area (Å²) >= 11 is 6.06. The summed E-state index contributed by atoms with van der Waals surface area (Å²) in [6, 6.07) is 15.8. The molecule has 0 fully saturated rings. The van der Waals surface area contributed by atoms with Gasteiger partial charge in [0.05, 0.1) is 12.2 Å². The minimum atomic E-state index is -0.109. The number of halogens is 1. The molecule has 0 saturated heterocycles. The smallest absolute Gasteiger partial charge is 0.350 e. The predicted octanol–water partition coefficient (Wildman–Crippen LogP) is 2.77. The van der Waals surface area contributed by atoms with Crippen molar-refractivity contribution in [2.75, 3.05) is 25.5 Å². The molecule has 1 aromatic heterocycles. The molecule has 6 nitrogen and oxygen atoms in total. The van der Waals surface area contributed by atoms with Gasteiger partial charge in [0, 0.05) is 44.4 Å². The summed E-state index contributed by atoms with van der Waals surface area (Å²) in [5.74, 6) is 0.788. The summed E-state index contributed by atoms with van der Waals surface area (Å²) in [4.78, 5) is 17.1. The summed E-state index contributed by atoms with van der Waals surface area (Å²) in [7, 11) is 4.07. The average molecular weight is 384 g/mol. The van der Waals surface area contributed by atoms with Crippen LogP contribution in [0.5, 0.6) is 0 Å². The Morgan fingerprint density at radius 2 is 1.89 bits per heavy atom. The zero-order valence-corrected chi connectivity index (χ0v) is 16.2. The fraction of sp³-hybridized carbons (Fsp3) is 0.300. The normalized spacial score (nSPS) is 14.2. The molecule has 1 aliphatic rings. The number of aromatic nitrogens is 3. The lowest BCUT2D eigenvalue weighted by Crippen LogP contribution is -2.37. The van der Waals surface area contributed by atoms with Crippen molar-refractivity contribution in [3.8, 4) is 5.69 Å². The number of nitrogens with zero attached hydrogens (tertiary/aromatic N) is 5. The van der Waals surface area contributed by atoms with E-state index in [0.717, 1.165) is 18.9 Å². The van der Waals surface area contributed by atoms with Crippen molar-refractivity contribution in [1.29, 1.82) is 0 Å². The van der Waals surface area contributed by atoms with Crippen LogP contribution < -0.4 is 10.6 Å².